The zero-order valence-corrected chi connectivity index (χ0v) is 9.75. The van der Waals surface area contributed by atoms with Crippen LogP contribution in [0.3, 0.4) is 0 Å². The molecule has 7 heteroatoms. The quantitative estimate of drug-likeness (QED) is 0.738. The fourth-order valence-electron chi connectivity index (χ4n) is 1.52. The van der Waals surface area contributed by atoms with Gasteiger partial charge in [0.05, 0.1) is 6.20 Å². The van der Waals surface area contributed by atoms with Gasteiger partial charge in [0, 0.05) is 30.3 Å². The summed E-state index contributed by atoms with van der Waals surface area (Å²) in [4.78, 5) is 0. The van der Waals surface area contributed by atoms with Gasteiger partial charge in [0.25, 0.3) is 0 Å². The average molecular weight is 250 g/mol. The summed E-state index contributed by atoms with van der Waals surface area (Å²) < 4.78 is 20.4. The molecule has 0 radical (unpaired) electrons. The fraction of sp³-hybridized carbons (Fsp3) is 0.182. The van der Waals surface area contributed by atoms with E-state index >= 15 is 0 Å². The number of hydrogen-bond acceptors (Lipinski definition) is 4. The molecule has 0 fully saturated rings. The van der Waals surface area contributed by atoms with Crippen LogP contribution in [0.4, 0.5) is 4.39 Å². The largest absolute Gasteiger partial charge is 0.491 e. The van der Waals surface area contributed by atoms with E-state index in [1.54, 1.807) is 24.1 Å². The van der Waals surface area contributed by atoms with Crippen LogP contribution in [-0.4, -0.2) is 26.9 Å². The second-order valence-corrected chi connectivity index (χ2v) is 3.87. The molecule has 0 saturated carbocycles. The molecular weight excluding hydrogens is 238 g/mol. The fourth-order valence-corrected chi connectivity index (χ4v) is 1.52. The first-order valence-electron chi connectivity index (χ1n) is 5.32. The number of hydrogen-bond donors (Lipinski definition) is 2. The standard InChI is InChI=1S/C11H12BFN2O3/c1-15-6-8(5-14-15)7-18-9-2-3-10(12(16)17)11(13)4-9/h2-6,16-17H,7H2,1H3. The molecule has 0 saturated heterocycles. The van der Waals surface area contributed by atoms with Crippen molar-refractivity contribution in [3.63, 3.8) is 0 Å². The molecule has 1 aromatic heterocycles. The van der Waals surface area contributed by atoms with Crippen LogP contribution in [0.15, 0.2) is 30.6 Å². The summed E-state index contributed by atoms with van der Waals surface area (Å²) in [6.07, 6.45) is 3.45. The van der Waals surface area contributed by atoms with E-state index in [2.05, 4.69) is 5.10 Å². The van der Waals surface area contributed by atoms with Gasteiger partial charge in [-0.1, -0.05) is 6.07 Å². The monoisotopic (exact) mass is 250 g/mol. The molecule has 0 aliphatic rings. The Kier molecular flexibility index (Phi) is 3.64. The lowest BCUT2D eigenvalue weighted by Gasteiger charge is -2.07. The first kappa shape index (κ1) is 12.6. The van der Waals surface area contributed by atoms with Gasteiger partial charge >= 0.3 is 7.12 Å². The topological polar surface area (TPSA) is 67.5 Å². The van der Waals surface area contributed by atoms with Crippen LogP contribution in [0, 0.1) is 5.82 Å². The maximum absolute atomic E-state index is 13.4. The van der Waals surface area contributed by atoms with Crippen molar-refractivity contribution in [2.24, 2.45) is 7.05 Å². The SMILES string of the molecule is Cn1cc(COc2ccc(B(O)O)c(F)c2)cn1. The Hall–Kier alpha value is -1.86. The molecule has 5 nitrogen and oxygen atoms in total. The van der Waals surface area contributed by atoms with Gasteiger partial charge in [-0.05, 0) is 6.07 Å². The van der Waals surface area contributed by atoms with E-state index in [1.807, 2.05) is 0 Å². The van der Waals surface area contributed by atoms with Gasteiger partial charge in [-0.15, -0.1) is 0 Å². The Morgan fingerprint density at radius 3 is 2.78 bits per heavy atom. The number of halogens is 1. The molecule has 94 valence electrons. The molecule has 0 aliphatic carbocycles. The molecule has 0 bridgehead atoms. The molecule has 2 aromatic rings. The third kappa shape index (κ3) is 2.88. The van der Waals surface area contributed by atoms with Gasteiger partial charge in [-0.3, -0.25) is 4.68 Å². The summed E-state index contributed by atoms with van der Waals surface area (Å²) in [5.74, 6) is -0.394. The van der Waals surface area contributed by atoms with E-state index in [9.17, 15) is 4.39 Å². The lowest BCUT2D eigenvalue weighted by Crippen LogP contribution is -2.32. The minimum atomic E-state index is -1.82. The highest BCUT2D eigenvalue weighted by Crippen LogP contribution is 2.13. The zero-order chi connectivity index (χ0) is 13.1. The van der Waals surface area contributed by atoms with Gasteiger partial charge in [-0.25, -0.2) is 4.39 Å². The van der Waals surface area contributed by atoms with Crippen molar-refractivity contribution >= 4 is 12.6 Å². The lowest BCUT2D eigenvalue weighted by molar-refractivity contribution is 0.304. The van der Waals surface area contributed by atoms with Crippen molar-refractivity contribution in [1.29, 1.82) is 0 Å². The predicted octanol–water partition coefficient (Wildman–Crippen LogP) is -0.182. The first-order chi connectivity index (χ1) is 8.56. The van der Waals surface area contributed by atoms with E-state index in [0.29, 0.717) is 5.75 Å². The smallest absolute Gasteiger partial charge is 0.489 e. The number of aromatic nitrogens is 2. The Morgan fingerprint density at radius 1 is 1.44 bits per heavy atom. The summed E-state index contributed by atoms with van der Waals surface area (Å²) in [7, 11) is -0.0296. The van der Waals surface area contributed by atoms with E-state index < -0.39 is 12.9 Å². The highest BCUT2D eigenvalue weighted by molar-refractivity contribution is 6.58. The molecule has 18 heavy (non-hydrogen) atoms. The van der Waals surface area contributed by atoms with Gasteiger partial charge in [0.2, 0.25) is 0 Å². The molecule has 2 rings (SSSR count). The minimum Gasteiger partial charge on any atom is -0.489 e. The molecule has 2 N–H and O–H groups in total. The van der Waals surface area contributed by atoms with Crippen LogP contribution in [0.2, 0.25) is 0 Å². The summed E-state index contributed by atoms with van der Waals surface area (Å²) in [5.41, 5.74) is 0.688. The van der Waals surface area contributed by atoms with Crippen molar-refractivity contribution in [2.45, 2.75) is 6.61 Å². The highest BCUT2D eigenvalue weighted by Gasteiger charge is 2.16. The van der Waals surface area contributed by atoms with Crippen LogP contribution in [-0.2, 0) is 13.7 Å². The molecule has 1 heterocycles. The Morgan fingerprint density at radius 2 is 2.22 bits per heavy atom. The Bertz CT molecular complexity index is 545. The average Bonchev–Trinajstić information content (AvgIpc) is 2.72. The van der Waals surface area contributed by atoms with Crippen LogP contribution >= 0.6 is 0 Å². The van der Waals surface area contributed by atoms with E-state index in [4.69, 9.17) is 14.8 Å². The van der Waals surface area contributed by atoms with Crippen LogP contribution < -0.4 is 10.2 Å². The lowest BCUT2D eigenvalue weighted by atomic mass is 9.80. The first-order valence-corrected chi connectivity index (χ1v) is 5.32. The molecule has 0 unspecified atom stereocenters. The highest BCUT2D eigenvalue weighted by atomic mass is 19.1. The van der Waals surface area contributed by atoms with Gasteiger partial charge in [-0.2, -0.15) is 5.10 Å². The van der Waals surface area contributed by atoms with Gasteiger partial charge in [0.1, 0.15) is 18.2 Å². The van der Waals surface area contributed by atoms with E-state index in [-0.39, 0.29) is 12.1 Å². The van der Waals surface area contributed by atoms with E-state index in [1.165, 1.54) is 12.1 Å². The van der Waals surface area contributed by atoms with Crippen molar-refractivity contribution in [3.8, 4) is 5.75 Å². The maximum atomic E-state index is 13.4. The normalized spacial score (nSPS) is 10.4. The summed E-state index contributed by atoms with van der Waals surface area (Å²) >= 11 is 0. The van der Waals surface area contributed by atoms with Crippen LogP contribution in [0.1, 0.15) is 5.56 Å². The second-order valence-electron chi connectivity index (χ2n) is 3.87. The van der Waals surface area contributed by atoms with Crippen molar-refractivity contribution in [3.05, 3.63) is 42.0 Å². The molecule has 0 atom stereocenters. The Balaban J connectivity index is 2.04. The molecule has 0 amide bonds. The zero-order valence-electron chi connectivity index (χ0n) is 9.75. The number of benzene rings is 1. The van der Waals surface area contributed by atoms with Gasteiger partial charge < -0.3 is 14.8 Å². The minimum absolute atomic E-state index is 0.177. The summed E-state index contributed by atoms with van der Waals surface area (Å²) in [6.45, 7) is 0.272. The van der Waals surface area contributed by atoms with E-state index in [0.717, 1.165) is 11.6 Å². The van der Waals surface area contributed by atoms with Crippen molar-refractivity contribution < 1.29 is 19.2 Å². The molecular formula is C11H12BFN2O3. The van der Waals surface area contributed by atoms with Gasteiger partial charge in [0.15, 0.2) is 0 Å². The maximum Gasteiger partial charge on any atom is 0.491 e. The molecule has 0 spiro atoms. The predicted molar refractivity (Wildman–Crippen MR) is 63.8 cm³/mol. The summed E-state index contributed by atoms with van der Waals surface area (Å²) in [6, 6.07) is 3.87. The number of ether oxygens (including phenoxy) is 1. The van der Waals surface area contributed by atoms with Crippen molar-refractivity contribution in [2.75, 3.05) is 0 Å². The number of rotatable bonds is 4. The second kappa shape index (κ2) is 5.20. The molecule has 1 aromatic carbocycles. The van der Waals surface area contributed by atoms with Crippen LogP contribution in [0.5, 0.6) is 5.75 Å². The summed E-state index contributed by atoms with van der Waals surface area (Å²) in [5, 5.41) is 21.7. The number of aryl methyl sites for hydroxylation is 1. The third-order valence-electron chi connectivity index (χ3n) is 2.41. The Labute approximate surface area is 104 Å². The third-order valence-corrected chi connectivity index (χ3v) is 2.41. The van der Waals surface area contributed by atoms with Crippen molar-refractivity contribution in [1.82, 2.24) is 9.78 Å². The van der Waals surface area contributed by atoms with Crippen LogP contribution in [0.25, 0.3) is 0 Å². The molecule has 0 aliphatic heterocycles. The number of nitrogens with zero attached hydrogens (tertiary/aromatic N) is 2.